The van der Waals surface area contributed by atoms with Gasteiger partial charge in [-0.25, -0.2) is 4.98 Å². The lowest BCUT2D eigenvalue weighted by Crippen LogP contribution is -2.20. The summed E-state index contributed by atoms with van der Waals surface area (Å²) in [5.74, 6) is -0.107. The molecule has 6 nitrogen and oxygen atoms in total. The SMILES string of the molecule is Cn1c(SCC(=O)Nc2ccc(C#N)cc2)nc2c(-c3ccccc3)csc2c1=O. The third kappa shape index (κ3) is 3.99. The Morgan fingerprint density at radius 1 is 1.20 bits per heavy atom. The monoisotopic (exact) mass is 432 g/mol. The number of nitrogens with one attached hydrogen (secondary N) is 1. The number of hydrogen-bond acceptors (Lipinski definition) is 6. The van der Waals surface area contributed by atoms with Gasteiger partial charge in [0.2, 0.25) is 5.91 Å². The van der Waals surface area contributed by atoms with Gasteiger partial charge in [0, 0.05) is 23.7 Å². The highest BCUT2D eigenvalue weighted by atomic mass is 32.2. The molecule has 0 fully saturated rings. The fourth-order valence-electron chi connectivity index (χ4n) is 2.93. The number of amides is 1. The van der Waals surface area contributed by atoms with Crippen molar-refractivity contribution in [3.63, 3.8) is 0 Å². The van der Waals surface area contributed by atoms with Gasteiger partial charge in [-0.05, 0) is 29.8 Å². The molecule has 0 saturated heterocycles. The topological polar surface area (TPSA) is 87.8 Å². The Kier molecular flexibility index (Phi) is 5.65. The van der Waals surface area contributed by atoms with Crippen molar-refractivity contribution >= 4 is 44.9 Å². The van der Waals surface area contributed by atoms with E-state index in [1.54, 1.807) is 31.3 Å². The molecule has 0 radical (unpaired) electrons. The van der Waals surface area contributed by atoms with Gasteiger partial charge in [-0.2, -0.15) is 5.26 Å². The number of fused-ring (bicyclic) bond motifs is 1. The maximum Gasteiger partial charge on any atom is 0.271 e. The van der Waals surface area contributed by atoms with Crippen LogP contribution in [0.5, 0.6) is 0 Å². The molecular formula is C22H16N4O2S2. The number of nitrogens with zero attached hydrogens (tertiary/aromatic N) is 3. The Labute approximate surface area is 180 Å². The molecule has 0 atom stereocenters. The standard InChI is InChI=1S/C22H16N4O2S2/c1-26-21(28)20-19(17(12-29-20)15-5-3-2-4-6-15)25-22(26)30-13-18(27)24-16-9-7-14(11-23)8-10-16/h2-10,12H,13H2,1H3,(H,24,27). The van der Waals surface area contributed by atoms with Gasteiger partial charge >= 0.3 is 0 Å². The summed E-state index contributed by atoms with van der Waals surface area (Å²) < 4.78 is 2.08. The lowest BCUT2D eigenvalue weighted by molar-refractivity contribution is -0.113. The van der Waals surface area contributed by atoms with Crippen LogP contribution < -0.4 is 10.9 Å². The molecule has 0 saturated carbocycles. The first-order valence-corrected chi connectivity index (χ1v) is 10.9. The summed E-state index contributed by atoms with van der Waals surface area (Å²) in [7, 11) is 1.66. The smallest absolute Gasteiger partial charge is 0.271 e. The molecule has 1 amide bonds. The van der Waals surface area contributed by atoms with Crippen molar-refractivity contribution in [2.24, 2.45) is 7.05 Å². The third-order valence-corrected chi connectivity index (χ3v) is 6.46. The molecule has 2 heterocycles. The van der Waals surface area contributed by atoms with E-state index >= 15 is 0 Å². The predicted octanol–water partition coefficient (Wildman–Crippen LogP) is 4.26. The number of carbonyl (C=O) groups is 1. The molecule has 2 aromatic carbocycles. The summed E-state index contributed by atoms with van der Waals surface area (Å²) in [5.41, 5.74) is 3.59. The van der Waals surface area contributed by atoms with Gasteiger partial charge in [0.05, 0.1) is 22.9 Å². The molecule has 30 heavy (non-hydrogen) atoms. The highest BCUT2D eigenvalue weighted by molar-refractivity contribution is 7.99. The second-order valence-corrected chi connectivity index (χ2v) is 8.30. The number of rotatable bonds is 5. The number of thiophene rings is 1. The van der Waals surface area contributed by atoms with E-state index in [4.69, 9.17) is 10.2 Å². The van der Waals surface area contributed by atoms with Gasteiger partial charge in [0.15, 0.2) is 5.16 Å². The summed E-state index contributed by atoms with van der Waals surface area (Å²) in [6, 6.07) is 18.5. The first kappa shape index (κ1) is 19.9. The second kappa shape index (κ2) is 8.53. The lowest BCUT2D eigenvalue weighted by Gasteiger charge is -2.09. The van der Waals surface area contributed by atoms with E-state index in [-0.39, 0.29) is 17.2 Å². The van der Waals surface area contributed by atoms with Crippen molar-refractivity contribution in [1.82, 2.24) is 9.55 Å². The van der Waals surface area contributed by atoms with E-state index < -0.39 is 0 Å². The van der Waals surface area contributed by atoms with E-state index in [1.807, 2.05) is 41.8 Å². The Bertz CT molecular complexity index is 1320. The average molecular weight is 433 g/mol. The van der Waals surface area contributed by atoms with E-state index in [1.165, 1.54) is 27.7 Å². The minimum absolute atomic E-state index is 0.108. The summed E-state index contributed by atoms with van der Waals surface area (Å²) in [4.78, 5) is 29.8. The van der Waals surface area contributed by atoms with Crippen molar-refractivity contribution in [3.05, 3.63) is 75.9 Å². The van der Waals surface area contributed by atoms with Crippen LogP contribution in [0.4, 0.5) is 5.69 Å². The minimum atomic E-state index is -0.215. The fraction of sp³-hybridized carbons (Fsp3) is 0.0909. The van der Waals surface area contributed by atoms with E-state index in [0.717, 1.165) is 11.1 Å². The fourth-order valence-corrected chi connectivity index (χ4v) is 4.68. The molecule has 148 valence electrons. The van der Waals surface area contributed by atoms with Crippen LogP contribution in [0.15, 0.2) is 69.9 Å². The molecule has 0 bridgehead atoms. The van der Waals surface area contributed by atoms with Crippen LogP contribution >= 0.6 is 23.1 Å². The zero-order chi connectivity index (χ0) is 21.1. The summed E-state index contributed by atoms with van der Waals surface area (Å²) in [6.07, 6.45) is 0. The van der Waals surface area contributed by atoms with Gasteiger partial charge < -0.3 is 5.32 Å². The quantitative estimate of drug-likeness (QED) is 0.376. The van der Waals surface area contributed by atoms with Crippen LogP contribution in [0.3, 0.4) is 0 Å². The Hall–Kier alpha value is -3.41. The van der Waals surface area contributed by atoms with Crippen molar-refractivity contribution < 1.29 is 4.79 Å². The second-order valence-electron chi connectivity index (χ2n) is 6.48. The minimum Gasteiger partial charge on any atom is -0.325 e. The van der Waals surface area contributed by atoms with Crippen molar-refractivity contribution in [1.29, 1.82) is 5.26 Å². The molecule has 0 aliphatic rings. The molecule has 1 N–H and O–H groups in total. The summed E-state index contributed by atoms with van der Waals surface area (Å²) >= 11 is 2.59. The third-order valence-electron chi connectivity index (χ3n) is 4.47. The number of carbonyl (C=O) groups excluding carboxylic acids is 1. The molecule has 2 aromatic heterocycles. The molecule has 0 unspecified atom stereocenters. The first-order chi connectivity index (χ1) is 14.6. The normalized spacial score (nSPS) is 10.7. The Balaban J connectivity index is 1.56. The Morgan fingerprint density at radius 3 is 2.63 bits per heavy atom. The number of hydrogen-bond donors (Lipinski definition) is 1. The van der Waals surface area contributed by atoms with Gasteiger partial charge in [0.25, 0.3) is 5.56 Å². The van der Waals surface area contributed by atoms with Gasteiger partial charge in [-0.15, -0.1) is 11.3 Å². The molecule has 8 heteroatoms. The zero-order valence-electron chi connectivity index (χ0n) is 16.0. The Morgan fingerprint density at radius 2 is 1.93 bits per heavy atom. The maximum atomic E-state index is 12.8. The number of nitriles is 1. The summed E-state index contributed by atoms with van der Waals surface area (Å²) in [6.45, 7) is 0. The summed E-state index contributed by atoms with van der Waals surface area (Å²) in [5, 5.41) is 14.1. The van der Waals surface area contributed by atoms with E-state index in [0.29, 0.717) is 26.6 Å². The highest BCUT2D eigenvalue weighted by Crippen LogP contribution is 2.32. The highest BCUT2D eigenvalue weighted by Gasteiger charge is 2.16. The molecular weight excluding hydrogens is 416 g/mol. The predicted molar refractivity (Wildman–Crippen MR) is 121 cm³/mol. The van der Waals surface area contributed by atoms with Gasteiger partial charge in [-0.1, -0.05) is 42.1 Å². The van der Waals surface area contributed by atoms with Gasteiger partial charge in [0.1, 0.15) is 4.70 Å². The zero-order valence-corrected chi connectivity index (χ0v) is 17.6. The van der Waals surface area contributed by atoms with Crippen LogP contribution in [0.2, 0.25) is 0 Å². The molecule has 0 aliphatic carbocycles. The molecule has 4 rings (SSSR count). The molecule has 0 spiro atoms. The average Bonchev–Trinajstić information content (AvgIpc) is 3.20. The van der Waals surface area contributed by atoms with Crippen LogP contribution in [0, 0.1) is 11.3 Å². The van der Waals surface area contributed by atoms with Crippen molar-refractivity contribution in [2.75, 3.05) is 11.1 Å². The number of thioether (sulfide) groups is 1. The van der Waals surface area contributed by atoms with Crippen LogP contribution in [0.25, 0.3) is 21.3 Å². The van der Waals surface area contributed by atoms with Crippen molar-refractivity contribution in [2.45, 2.75) is 5.16 Å². The number of aromatic nitrogens is 2. The molecule has 0 aliphatic heterocycles. The largest absolute Gasteiger partial charge is 0.325 e. The van der Waals surface area contributed by atoms with Crippen LogP contribution in [-0.2, 0) is 11.8 Å². The van der Waals surface area contributed by atoms with E-state index in [2.05, 4.69) is 5.32 Å². The number of anilines is 1. The van der Waals surface area contributed by atoms with Crippen molar-refractivity contribution in [3.8, 4) is 17.2 Å². The first-order valence-electron chi connectivity index (χ1n) is 9.03. The lowest BCUT2D eigenvalue weighted by atomic mass is 10.1. The number of benzene rings is 2. The molecule has 4 aromatic rings. The maximum absolute atomic E-state index is 12.8. The van der Waals surface area contributed by atoms with Crippen LogP contribution in [-0.4, -0.2) is 21.2 Å². The van der Waals surface area contributed by atoms with Crippen LogP contribution in [0.1, 0.15) is 5.56 Å². The van der Waals surface area contributed by atoms with Gasteiger partial charge in [-0.3, -0.25) is 14.2 Å². The van der Waals surface area contributed by atoms with E-state index in [9.17, 15) is 9.59 Å².